The molecule has 1 unspecified atom stereocenters. The number of alkyl halides is 3. The van der Waals surface area contributed by atoms with Crippen molar-refractivity contribution in [1.82, 2.24) is 19.9 Å². The highest BCUT2D eigenvalue weighted by Crippen LogP contribution is 2.37. The van der Waals surface area contributed by atoms with Crippen LogP contribution in [0.1, 0.15) is 78.6 Å². The van der Waals surface area contributed by atoms with E-state index < -0.39 is 80.9 Å². The molecule has 1 aliphatic heterocycles. The molecule has 2 heterocycles. The molecule has 1 aromatic carbocycles. The highest BCUT2D eigenvalue weighted by molar-refractivity contribution is 7.90. The van der Waals surface area contributed by atoms with Gasteiger partial charge in [-0.05, 0) is 76.7 Å². The average molecular weight is 868 g/mol. The summed E-state index contributed by atoms with van der Waals surface area (Å²) in [7, 11) is -0.766. The number of aromatic nitrogens is 1. The first-order chi connectivity index (χ1) is 28.3. The molecule has 0 bridgehead atoms. The quantitative estimate of drug-likeness (QED) is 0.157. The fraction of sp³-hybridized carbons (Fsp3) is 0.634. The van der Waals surface area contributed by atoms with E-state index in [9.17, 15) is 40.8 Å². The van der Waals surface area contributed by atoms with Crippen LogP contribution in [0.3, 0.4) is 0 Å². The Hall–Kier alpha value is -4.65. The summed E-state index contributed by atoms with van der Waals surface area (Å²) in [5, 5.41) is 3.20. The lowest BCUT2D eigenvalue weighted by Gasteiger charge is -2.34. The number of nitrogens with two attached hydrogens (primary N) is 1. The molecule has 0 spiro atoms. The van der Waals surface area contributed by atoms with E-state index >= 15 is 0 Å². The summed E-state index contributed by atoms with van der Waals surface area (Å²) in [5.41, 5.74) is 2.90. The van der Waals surface area contributed by atoms with Gasteiger partial charge in [-0.3, -0.25) is 19.1 Å². The minimum absolute atomic E-state index is 0.0289. The Morgan fingerprint density at radius 3 is 2.40 bits per heavy atom. The van der Waals surface area contributed by atoms with E-state index in [1.165, 1.54) is 25.3 Å². The number of fused-ring (bicyclic) bond motifs is 1. The molecule has 19 heteroatoms. The summed E-state index contributed by atoms with van der Waals surface area (Å²) in [4.78, 5) is 59.0. The van der Waals surface area contributed by atoms with Gasteiger partial charge in [0.1, 0.15) is 23.9 Å². The van der Waals surface area contributed by atoms with Crippen molar-refractivity contribution >= 4 is 44.6 Å². The van der Waals surface area contributed by atoms with Gasteiger partial charge in [-0.1, -0.05) is 43.7 Å². The van der Waals surface area contributed by atoms with Crippen LogP contribution in [0.15, 0.2) is 42.6 Å². The molecular weight excluding hydrogens is 812 g/mol. The number of nitrogens with one attached hydrogen (secondary N) is 2. The predicted octanol–water partition coefficient (Wildman–Crippen LogP) is 5.16. The van der Waals surface area contributed by atoms with Crippen LogP contribution in [0, 0.1) is 23.7 Å². The number of carbonyl (C=O) groups excluding carboxylic acids is 4. The Kier molecular flexibility index (Phi) is 15.0. The number of allylic oxidation sites excluding steroid dienone is 2. The minimum Gasteiger partial charge on any atom is -0.494 e. The Labute approximate surface area is 348 Å². The van der Waals surface area contributed by atoms with Gasteiger partial charge in [0.05, 0.1) is 31.7 Å². The highest BCUT2D eigenvalue weighted by atomic mass is 32.2. The zero-order valence-electron chi connectivity index (χ0n) is 34.5. The number of hydrogen-bond donors (Lipinski definition) is 3. The molecule has 5 rings (SSSR count). The largest absolute Gasteiger partial charge is 0.494 e. The molecule has 2 aromatic rings. The average Bonchev–Trinajstić information content (AvgIpc) is 3.80. The van der Waals surface area contributed by atoms with Gasteiger partial charge in [0, 0.05) is 36.1 Å². The van der Waals surface area contributed by atoms with E-state index in [4.69, 9.17) is 24.7 Å². The van der Waals surface area contributed by atoms with Gasteiger partial charge in [0.2, 0.25) is 39.2 Å². The number of methoxy groups -OCH3 is 2. The summed E-state index contributed by atoms with van der Waals surface area (Å²) in [6, 6.07) is 4.50. The van der Waals surface area contributed by atoms with Crippen LogP contribution in [-0.2, 0) is 33.9 Å². The van der Waals surface area contributed by atoms with Gasteiger partial charge < -0.3 is 34.9 Å². The van der Waals surface area contributed by atoms with Crippen LogP contribution < -0.4 is 25.2 Å². The second kappa shape index (κ2) is 19.4. The fourth-order valence-electron chi connectivity index (χ4n) is 7.98. The first-order valence-electron chi connectivity index (χ1n) is 20.2. The maximum atomic E-state index is 14.6. The minimum atomic E-state index is -4.93. The summed E-state index contributed by atoms with van der Waals surface area (Å²) in [6.45, 7) is 3.02. The molecule has 3 fully saturated rings. The van der Waals surface area contributed by atoms with Crippen LogP contribution >= 0.6 is 0 Å². The summed E-state index contributed by atoms with van der Waals surface area (Å²) in [6.07, 6.45) is 2.72. The zero-order chi connectivity index (χ0) is 44.0. The predicted molar refractivity (Wildman–Crippen MR) is 214 cm³/mol. The van der Waals surface area contributed by atoms with Gasteiger partial charge in [0.15, 0.2) is 0 Å². The second-order valence-electron chi connectivity index (χ2n) is 16.6. The SMILES string of the molecule is COC[C@H](C[C@H](C)CC/C=C\[C@@H]1CCCC1C(=O)NS(=O)(=O)C1CC1)[C@H](NC(=O)OC(C)(C)C(F)(F)F)C(=O)N1C[C@H](Oc2ncc(OC)c3ccccc23)C[C@H]1C(N)=O. The molecule has 3 aliphatic rings. The van der Waals surface area contributed by atoms with Crippen molar-refractivity contribution in [3.8, 4) is 11.6 Å². The Bertz CT molecular complexity index is 2010. The maximum absolute atomic E-state index is 14.6. The second-order valence-corrected chi connectivity index (χ2v) is 18.5. The van der Waals surface area contributed by atoms with Gasteiger partial charge in [-0.15, -0.1) is 0 Å². The van der Waals surface area contributed by atoms with E-state index in [1.807, 2.05) is 31.2 Å². The molecule has 332 valence electrons. The van der Waals surface area contributed by atoms with E-state index in [2.05, 4.69) is 15.0 Å². The molecule has 4 N–H and O–H groups in total. The molecule has 1 saturated heterocycles. The van der Waals surface area contributed by atoms with Crippen molar-refractivity contribution in [2.24, 2.45) is 29.4 Å². The topological polar surface area (TPSA) is 206 Å². The third-order valence-electron chi connectivity index (χ3n) is 11.5. The van der Waals surface area contributed by atoms with Gasteiger partial charge >= 0.3 is 12.3 Å². The number of pyridine rings is 1. The number of likely N-dealkylation sites (tertiary alicyclic amines) is 1. The summed E-state index contributed by atoms with van der Waals surface area (Å²) >= 11 is 0. The molecule has 7 atom stereocenters. The number of carbonyl (C=O) groups is 4. The Morgan fingerprint density at radius 2 is 1.77 bits per heavy atom. The molecule has 1 aromatic heterocycles. The zero-order valence-corrected chi connectivity index (χ0v) is 35.4. The van der Waals surface area contributed by atoms with Gasteiger partial charge in [0.25, 0.3) is 0 Å². The van der Waals surface area contributed by atoms with Crippen LogP contribution in [0.4, 0.5) is 18.0 Å². The third-order valence-corrected chi connectivity index (χ3v) is 13.4. The number of hydrogen-bond acceptors (Lipinski definition) is 11. The lowest BCUT2D eigenvalue weighted by Crippen LogP contribution is -2.57. The first-order valence-corrected chi connectivity index (χ1v) is 21.8. The molecule has 2 saturated carbocycles. The first kappa shape index (κ1) is 46.4. The van der Waals surface area contributed by atoms with Crippen LogP contribution in [0.2, 0.25) is 0 Å². The molecule has 0 radical (unpaired) electrons. The maximum Gasteiger partial charge on any atom is 0.427 e. The summed E-state index contributed by atoms with van der Waals surface area (Å²) < 4.78 is 90.2. The van der Waals surface area contributed by atoms with Crippen molar-refractivity contribution in [1.29, 1.82) is 0 Å². The van der Waals surface area contributed by atoms with E-state index in [1.54, 1.807) is 12.1 Å². The van der Waals surface area contributed by atoms with Crippen molar-refractivity contribution in [2.45, 2.75) is 114 Å². The monoisotopic (exact) mass is 867 g/mol. The van der Waals surface area contributed by atoms with Crippen molar-refractivity contribution in [3.05, 3.63) is 42.6 Å². The number of halogens is 3. The van der Waals surface area contributed by atoms with E-state index in [0.29, 0.717) is 62.5 Å². The summed E-state index contributed by atoms with van der Waals surface area (Å²) in [5.74, 6) is -2.91. The number of sulfonamides is 1. The number of benzene rings is 1. The number of primary amides is 1. The van der Waals surface area contributed by atoms with E-state index in [0.717, 1.165) is 12.8 Å². The fourth-order valence-corrected chi connectivity index (χ4v) is 9.34. The van der Waals surface area contributed by atoms with Crippen molar-refractivity contribution < 1.29 is 59.7 Å². The number of nitrogens with zero attached hydrogens (tertiary/aromatic N) is 2. The Balaban J connectivity index is 1.31. The third kappa shape index (κ3) is 11.4. The number of amides is 4. The van der Waals surface area contributed by atoms with Gasteiger partial charge in [-0.2, -0.15) is 13.2 Å². The molecule has 2 aliphatic carbocycles. The van der Waals surface area contributed by atoms with Crippen molar-refractivity contribution in [3.63, 3.8) is 0 Å². The number of ether oxygens (including phenoxy) is 4. The van der Waals surface area contributed by atoms with Gasteiger partial charge in [-0.25, -0.2) is 18.2 Å². The molecule has 4 amide bonds. The van der Waals surface area contributed by atoms with Crippen molar-refractivity contribution in [2.75, 3.05) is 27.4 Å². The van der Waals surface area contributed by atoms with Crippen LogP contribution in [0.25, 0.3) is 10.8 Å². The number of alkyl carbamates (subject to hydrolysis) is 1. The molecule has 15 nitrogen and oxygen atoms in total. The smallest absolute Gasteiger partial charge is 0.427 e. The number of rotatable bonds is 19. The van der Waals surface area contributed by atoms with Crippen LogP contribution in [0.5, 0.6) is 11.6 Å². The Morgan fingerprint density at radius 1 is 1.07 bits per heavy atom. The lowest BCUT2D eigenvalue weighted by molar-refractivity contribution is -0.244. The van der Waals surface area contributed by atoms with E-state index in [-0.39, 0.29) is 43.7 Å². The highest BCUT2D eigenvalue weighted by Gasteiger charge is 2.52. The normalized spacial score (nSPS) is 22.6. The standard InChI is InChI=1S/C41H56F3N5O10S/c1-24(11-6-7-12-25-13-10-16-29(25)36(51)48-60(54,55)28-17-18-28)19-26(23-56-4)34(47-39(53)59-40(2,3)41(42,43)44)38(52)49-22-27(20-32(49)35(45)50)58-37-31-15-9-8-14-30(31)33(57-5)21-46-37/h7-9,12,14-15,21,24-29,32,34H,6,10-11,13,16-20,22-23H2,1-5H3,(H2,45,50)(H,47,53)(H,48,51)/b12-7-/t24-,25-,26+,27-,29?,32+,34+/m1/s1. The lowest BCUT2D eigenvalue weighted by atomic mass is 9.86. The molecular formula is C41H56F3N5O10S. The van der Waals surface area contributed by atoms with Crippen LogP contribution in [-0.4, -0.2) is 105 Å². The molecule has 60 heavy (non-hydrogen) atoms.